The van der Waals surface area contributed by atoms with Gasteiger partial charge in [-0.2, -0.15) is 0 Å². The van der Waals surface area contributed by atoms with Crippen LogP contribution in [0, 0.1) is 5.92 Å². The lowest BCUT2D eigenvalue weighted by Gasteiger charge is -2.35. The molecule has 0 aromatic heterocycles. The van der Waals surface area contributed by atoms with Gasteiger partial charge in [0.05, 0.1) is 11.6 Å². The summed E-state index contributed by atoms with van der Waals surface area (Å²) in [5, 5.41) is 15.6. The van der Waals surface area contributed by atoms with Gasteiger partial charge in [0.2, 0.25) is 0 Å². The Morgan fingerprint density at radius 1 is 1.00 bits per heavy atom. The van der Waals surface area contributed by atoms with Gasteiger partial charge in [-0.05, 0) is 6.42 Å². The summed E-state index contributed by atoms with van der Waals surface area (Å²) < 4.78 is 0. The Kier molecular flexibility index (Phi) is 4.54. The molecule has 3 nitrogen and oxygen atoms in total. The van der Waals surface area contributed by atoms with E-state index < -0.39 is 0 Å². The minimum Gasteiger partial charge on any atom is -0.411 e. The molecule has 0 amide bonds. The quantitative estimate of drug-likeness (QED) is 0.662. The van der Waals surface area contributed by atoms with Crippen molar-refractivity contribution in [1.29, 1.82) is 0 Å². The topological polar surface area (TPSA) is 49.2 Å². The van der Waals surface area contributed by atoms with Gasteiger partial charge in [-0.15, -0.1) is 0 Å². The molecule has 1 fully saturated rings. The summed E-state index contributed by atoms with van der Waals surface area (Å²) in [4.78, 5) is 0. The first-order chi connectivity index (χ1) is 10.8. The number of quaternary nitrogens is 1. The number of piperidine rings is 1. The van der Waals surface area contributed by atoms with Crippen molar-refractivity contribution >= 4 is 5.71 Å². The van der Waals surface area contributed by atoms with Crippen LogP contribution in [0.2, 0.25) is 0 Å². The highest BCUT2D eigenvalue weighted by molar-refractivity contribution is 5.87. The van der Waals surface area contributed by atoms with Crippen LogP contribution in [0.1, 0.15) is 43.0 Å². The third kappa shape index (κ3) is 2.90. The zero-order valence-electron chi connectivity index (χ0n) is 12.9. The molecule has 2 aromatic rings. The van der Waals surface area contributed by atoms with Gasteiger partial charge in [-0.3, -0.25) is 0 Å². The smallest absolute Gasteiger partial charge is 0.120 e. The van der Waals surface area contributed by atoms with Crippen molar-refractivity contribution in [1.82, 2.24) is 0 Å². The van der Waals surface area contributed by atoms with Crippen LogP contribution in [0.5, 0.6) is 0 Å². The first-order valence-corrected chi connectivity index (χ1v) is 7.99. The van der Waals surface area contributed by atoms with Crippen molar-refractivity contribution in [2.24, 2.45) is 11.1 Å². The molecule has 0 aliphatic carbocycles. The van der Waals surface area contributed by atoms with E-state index in [4.69, 9.17) is 0 Å². The Bertz CT molecular complexity index is 624. The van der Waals surface area contributed by atoms with E-state index in [1.54, 1.807) is 0 Å². The predicted molar refractivity (Wildman–Crippen MR) is 87.9 cm³/mol. The number of oxime groups is 1. The Hall–Kier alpha value is -2.13. The van der Waals surface area contributed by atoms with Gasteiger partial charge in [0.25, 0.3) is 0 Å². The fourth-order valence-corrected chi connectivity index (χ4v) is 3.59. The van der Waals surface area contributed by atoms with Crippen LogP contribution < -0.4 is 5.32 Å². The van der Waals surface area contributed by atoms with E-state index in [9.17, 15) is 5.21 Å². The molecule has 0 unspecified atom stereocenters. The average molecular weight is 295 g/mol. The molecule has 22 heavy (non-hydrogen) atoms. The molecule has 0 radical (unpaired) electrons. The first-order valence-electron chi connectivity index (χ1n) is 7.99. The summed E-state index contributed by atoms with van der Waals surface area (Å²) in [6.07, 6.45) is 1.79. The lowest BCUT2D eigenvalue weighted by Crippen LogP contribution is -2.90. The minimum atomic E-state index is 0.285. The van der Waals surface area contributed by atoms with Crippen molar-refractivity contribution < 1.29 is 10.5 Å². The number of hydrogen-bond donors (Lipinski definition) is 2. The van der Waals surface area contributed by atoms with Crippen LogP contribution in [0.4, 0.5) is 0 Å². The number of nitrogens with two attached hydrogens (primary N) is 1. The normalized spacial score (nSPS) is 27.0. The van der Waals surface area contributed by atoms with Crippen molar-refractivity contribution in [3.63, 3.8) is 0 Å². The zero-order valence-corrected chi connectivity index (χ0v) is 12.9. The van der Waals surface area contributed by atoms with Crippen LogP contribution in [-0.2, 0) is 0 Å². The molecule has 1 saturated heterocycles. The van der Waals surface area contributed by atoms with Crippen LogP contribution >= 0.6 is 0 Å². The second-order valence-electron chi connectivity index (χ2n) is 5.96. The third-order valence-electron chi connectivity index (χ3n) is 4.71. The molecule has 1 heterocycles. The molecule has 3 rings (SSSR count). The summed E-state index contributed by atoms with van der Waals surface area (Å²) in [7, 11) is 0. The fraction of sp³-hybridized carbons (Fsp3) is 0.316. The van der Waals surface area contributed by atoms with E-state index >= 15 is 0 Å². The Labute approximate surface area is 131 Å². The van der Waals surface area contributed by atoms with Gasteiger partial charge < -0.3 is 10.5 Å². The Morgan fingerprint density at radius 3 is 2.14 bits per heavy atom. The summed E-state index contributed by atoms with van der Waals surface area (Å²) >= 11 is 0. The average Bonchev–Trinajstić information content (AvgIpc) is 2.62. The number of benzene rings is 2. The fourth-order valence-electron chi connectivity index (χ4n) is 3.59. The van der Waals surface area contributed by atoms with Crippen LogP contribution in [0.3, 0.4) is 0 Å². The van der Waals surface area contributed by atoms with Crippen molar-refractivity contribution in [2.45, 2.75) is 31.8 Å². The van der Waals surface area contributed by atoms with E-state index in [0.717, 1.165) is 18.6 Å². The summed E-state index contributed by atoms with van der Waals surface area (Å²) in [5.74, 6) is 0.285. The standard InChI is InChI=1S/C19H22N2O/c1-2-16-18(21-22)13-17(14-9-5-3-6-10-14)20-19(16)15-11-7-4-8-12-15/h3-12,16-17,19-20,22H,2,13H2,1H3/p+1/b21-18+/t16-,17+,19-/m1/s1. The third-order valence-corrected chi connectivity index (χ3v) is 4.71. The van der Waals surface area contributed by atoms with Crippen LogP contribution in [0.25, 0.3) is 0 Å². The maximum atomic E-state index is 9.50. The molecule has 0 saturated carbocycles. The summed E-state index contributed by atoms with van der Waals surface area (Å²) in [5.41, 5.74) is 3.52. The zero-order chi connectivity index (χ0) is 15.4. The van der Waals surface area contributed by atoms with E-state index in [0.29, 0.717) is 12.1 Å². The lowest BCUT2D eigenvalue weighted by atomic mass is 9.79. The van der Waals surface area contributed by atoms with Gasteiger partial charge in [-0.1, -0.05) is 72.7 Å². The van der Waals surface area contributed by atoms with E-state index in [1.807, 2.05) is 12.1 Å². The van der Waals surface area contributed by atoms with E-state index in [-0.39, 0.29) is 5.92 Å². The predicted octanol–water partition coefficient (Wildman–Crippen LogP) is 3.29. The van der Waals surface area contributed by atoms with Crippen molar-refractivity contribution in [3.8, 4) is 0 Å². The first kappa shape index (κ1) is 14.8. The van der Waals surface area contributed by atoms with Crippen LogP contribution in [-0.4, -0.2) is 10.9 Å². The largest absolute Gasteiger partial charge is 0.411 e. The van der Waals surface area contributed by atoms with Gasteiger partial charge in [-0.25, -0.2) is 0 Å². The van der Waals surface area contributed by atoms with E-state index in [1.165, 1.54) is 11.1 Å². The molecule has 2 aromatic carbocycles. The molecule has 114 valence electrons. The number of hydrogen-bond acceptors (Lipinski definition) is 2. The van der Waals surface area contributed by atoms with E-state index in [2.05, 4.69) is 65.9 Å². The molecule has 0 spiro atoms. The molecular formula is C19H23N2O+. The van der Waals surface area contributed by atoms with Crippen molar-refractivity contribution in [2.75, 3.05) is 0 Å². The molecule has 3 atom stereocenters. The van der Waals surface area contributed by atoms with Gasteiger partial charge in [0.1, 0.15) is 12.1 Å². The minimum absolute atomic E-state index is 0.285. The monoisotopic (exact) mass is 295 g/mol. The SMILES string of the molecule is CC[C@@H]1/C(=N/O)C[C@@H](c2ccccc2)[NH2+][C@@H]1c1ccccc1. The highest BCUT2D eigenvalue weighted by Gasteiger charge is 2.39. The second kappa shape index (κ2) is 6.75. The highest BCUT2D eigenvalue weighted by atomic mass is 16.4. The number of rotatable bonds is 3. The molecular weight excluding hydrogens is 272 g/mol. The van der Waals surface area contributed by atoms with Crippen molar-refractivity contribution in [3.05, 3.63) is 71.8 Å². The van der Waals surface area contributed by atoms with Gasteiger partial charge in [0.15, 0.2) is 0 Å². The maximum absolute atomic E-state index is 9.50. The molecule has 3 N–H and O–H groups in total. The lowest BCUT2D eigenvalue weighted by molar-refractivity contribution is -0.742. The molecule has 1 aliphatic heterocycles. The van der Waals surface area contributed by atoms with Gasteiger partial charge >= 0.3 is 0 Å². The summed E-state index contributed by atoms with van der Waals surface area (Å²) in [6.45, 7) is 2.17. The van der Waals surface area contributed by atoms with Gasteiger partial charge in [0, 0.05) is 17.5 Å². The molecule has 0 bridgehead atoms. The summed E-state index contributed by atoms with van der Waals surface area (Å²) in [6, 6.07) is 21.7. The Balaban J connectivity index is 1.95. The molecule has 3 heteroatoms. The highest BCUT2D eigenvalue weighted by Crippen LogP contribution is 2.31. The van der Waals surface area contributed by atoms with Crippen LogP contribution in [0.15, 0.2) is 65.8 Å². The Morgan fingerprint density at radius 2 is 1.59 bits per heavy atom. The number of nitrogens with zero attached hydrogens (tertiary/aromatic N) is 1. The second-order valence-corrected chi connectivity index (χ2v) is 5.96. The maximum Gasteiger partial charge on any atom is 0.120 e. The molecule has 1 aliphatic rings.